The van der Waals surface area contributed by atoms with Crippen LogP contribution in [0.4, 0.5) is 0 Å². The molecule has 0 aliphatic heterocycles. The van der Waals surface area contributed by atoms with Crippen molar-refractivity contribution in [1.82, 2.24) is 9.78 Å². The first-order valence-corrected chi connectivity index (χ1v) is 6.73. The van der Waals surface area contributed by atoms with Gasteiger partial charge in [0.25, 0.3) is 0 Å². The van der Waals surface area contributed by atoms with Crippen LogP contribution in [0.1, 0.15) is 31.9 Å². The third-order valence-corrected chi connectivity index (χ3v) is 4.47. The maximum absolute atomic E-state index is 10.7. The summed E-state index contributed by atoms with van der Waals surface area (Å²) in [5.74, 6) is 0.373. The lowest BCUT2D eigenvalue weighted by molar-refractivity contribution is 0.00891. The smallest absolute Gasteiger partial charge is 0.0731 e. The number of aromatic nitrogens is 2. The topological polar surface area (TPSA) is 38.1 Å². The average Bonchev–Trinajstić information content (AvgIpc) is 2.83. The lowest BCUT2D eigenvalue weighted by atomic mass is 9.87. The molecule has 1 N–H and O–H groups in total. The predicted octanol–water partition coefficient (Wildman–Crippen LogP) is 2.67. The summed E-state index contributed by atoms with van der Waals surface area (Å²) in [6.07, 6.45) is 3.83. The molecule has 96 valence electrons. The van der Waals surface area contributed by atoms with Gasteiger partial charge in [-0.15, -0.1) is 0 Å². The summed E-state index contributed by atoms with van der Waals surface area (Å²) in [6, 6.07) is 8.24. The maximum Gasteiger partial charge on any atom is 0.0731 e. The van der Waals surface area contributed by atoms with E-state index in [2.05, 4.69) is 24.2 Å². The van der Waals surface area contributed by atoms with Crippen LogP contribution >= 0.6 is 0 Å². The molecule has 1 aliphatic carbocycles. The lowest BCUT2D eigenvalue weighted by Gasteiger charge is -2.26. The molecule has 2 aromatic rings. The molecule has 0 amide bonds. The Morgan fingerprint density at radius 1 is 1.44 bits per heavy atom. The summed E-state index contributed by atoms with van der Waals surface area (Å²) in [5, 5.41) is 16.5. The van der Waals surface area contributed by atoms with Gasteiger partial charge in [-0.05, 0) is 24.8 Å². The number of hydrogen-bond acceptors (Lipinski definition) is 2. The first-order chi connectivity index (χ1) is 8.60. The van der Waals surface area contributed by atoms with E-state index in [1.165, 1.54) is 5.39 Å². The number of nitrogens with zero attached hydrogens (tertiary/aromatic N) is 2. The molecule has 18 heavy (non-hydrogen) atoms. The minimum Gasteiger partial charge on any atom is -0.389 e. The molecule has 1 heterocycles. The molecule has 0 radical (unpaired) electrons. The van der Waals surface area contributed by atoms with E-state index in [1.54, 1.807) is 0 Å². The van der Waals surface area contributed by atoms with Crippen LogP contribution in [-0.2, 0) is 13.5 Å². The molecule has 1 saturated carbocycles. The molecule has 1 aromatic carbocycles. The Labute approximate surface area is 107 Å². The van der Waals surface area contributed by atoms with Gasteiger partial charge in [-0.25, -0.2) is 0 Å². The van der Waals surface area contributed by atoms with Crippen LogP contribution < -0.4 is 0 Å². The van der Waals surface area contributed by atoms with Crippen LogP contribution in [0, 0.1) is 5.92 Å². The first-order valence-electron chi connectivity index (χ1n) is 6.73. The monoisotopic (exact) mass is 244 g/mol. The molecule has 2 unspecified atom stereocenters. The van der Waals surface area contributed by atoms with Gasteiger partial charge in [-0.2, -0.15) is 5.10 Å². The quantitative estimate of drug-likeness (QED) is 0.882. The summed E-state index contributed by atoms with van der Waals surface area (Å²) in [4.78, 5) is 0. The standard InChI is InChI=1S/C15H20N2O/c1-11-6-5-9-15(11,18)10-13-12-7-3-4-8-14(12)17(2)16-13/h3-4,7-8,11,18H,5-6,9-10H2,1-2H3. The summed E-state index contributed by atoms with van der Waals surface area (Å²) < 4.78 is 1.91. The van der Waals surface area contributed by atoms with Crippen molar-refractivity contribution in [2.45, 2.75) is 38.2 Å². The van der Waals surface area contributed by atoms with E-state index >= 15 is 0 Å². The van der Waals surface area contributed by atoms with Crippen molar-refractivity contribution in [2.75, 3.05) is 0 Å². The van der Waals surface area contributed by atoms with Gasteiger partial charge >= 0.3 is 0 Å². The SMILES string of the molecule is CC1CCCC1(O)Cc1nn(C)c2ccccc12. The van der Waals surface area contributed by atoms with Crippen molar-refractivity contribution in [3.05, 3.63) is 30.0 Å². The Morgan fingerprint density at radius 2 is 2.22 bits per heavy atom. The Balaban J connectivity index is 2.00. The second-order valence-electron chi connectivity index (χ2n) is 5.66. The highest BCUT2D eigenvalue weighted by Crippen LogP contribution is 2.38. The number of aryl methyl sites for hydroxylation is 1. The predicted molar refractivity (Wildman–Crippen MR) is 72.4 cm³/mol. The zero-order valence-electron chi connectivity index (χ0n) is 11.1. The van der Waals surface area contributed by atoms with Gasteiger partial charge in [0, 0.05) is 18.9 Å². The fourth-order valence-electron chi connectivity index (χ4n) is 3.20. The lowest BCUT2D eigenvalue weighted by Crippen LogP contribution is -2.34. The Morgan fingerprint density at radius 3 is 2.94 bits per heavy atom. The second-order valence-corrected chi connectivity index (χ2v) is 5.66. The zero-order valence-corrected chi connectivity index (χ0v) is 11.1. The van der Waals surface area contributed by atoms with Crippen molar-refractivity contribution in [3.8, 4) is 0 Å². The number of hydrogen-bond donors (Lipinski definition) is 1. The van der Waals surface area contributed by atoms with Gasteiger partial charge in [0.2, 0.25) is 0 Å². The van der Waals surface area contributed by atoms with Crippen LogP contribution in [0.15, 0.2) is 24.3 Å². The molecule has 0 spiro atoms. The minimum atomic E-state index is -0.558. The molecular formula is C15H20N2O. The van der Waals surface area contributed by atoms with E-state index in [0.717, 1.165) is 30.5 Å². The number of rotatable bonds is 2. The van der Waals surface area contributed by atoms with E-state index in [9.17, 15) is 5.11 Å². The molecule has 0 saturated heterocycles. The van der Waals surface area contributed by atoms with Crippen molar-refractivity contribution in [1.29, 1.82) is 0 Å². The van der Waals surface area contributed by atoms with Crippen LogP contribution in [0.25, 0.3) is 10.9 Å². The van der Waals surface area contributed by atoms with Gasteiger partial charge in [0.05, 0.1) is 16.8 Å². The number of aliphatic hydroxyl groups is 1. The molecule has 3 nitrogen and oxygen atoms in total. The summed E-state index contributed by atoms with van der Waals surface area (Å²) >= 11 is 0. The van der Waals surface area contributed by atoms with E-state index in [4.69, 9.17) is 0 Å². The van der Waals surface area contributed by atoms with Gasteiger partial charge in [-0.3, -0.25) is 4.68 Å². The summed E-state index contributed by atoms with van der Waals surface area (Å²) in [7, 11) is 1.97. The fraction of sp³-hybridized carbons (Fsp3) is 0.533. The minimum absolute atomic E-state index is 0.373. The average molecular weight is 244 g/mol. The highest BCUT2D eigenvalue weighted by molar-refractivity contribution is 5.81. The highest BCUT2D eigenvalue weighted by atomic mass is 16.3. The van der Waals surface area contributed by atoms with Crippen LogP contribution in [0.3, 0.4) is 0 Å². The van der Waals surface area contributed by atoms with E-state index in [0.29, 0.717) is 12.3 Å². The van der Waals surface area contributed by atoms with Crippen molar-refractivity contribution in [2.24, 2.45) is 13.0 Å². The molecule has 2 atom stereocenters. The molecule has 1 aliphatic rings. The van der Waals surface area contributed by atoms with E-state index < -0.39 is 5.60 Å². The molecule has 3 heteroatoms. The third-order valence-electron chi connectivity index (χ3n) is 4.47. The summed E-state index contributed by atoms with van der Waals surface area (Å²) in [6.45, 7) is 2.15. The highest BCUT2D eigenvalue weighted by Gasteiger charge is 2.39. The molecule has 3 rings (SSSR count). The number of para-hydroxylation sites is 1. The maximum atomic E-state index is 10.7. The van der Waals surface area contributed by atoms with Crippen molar-refractivity contribution < 1.29 is 5.11 Å². The summed E-state index contributed by atoms with van der Waals surface area (Å²) in [5.41, 5.74) is 1.61. The van der Waals surface area contributed by atoms with Crippen molar-refractivity contribution >= 4 is 10.9 Å². The van der Waals surface area contributed by atoms with Crippen LogP contribution in [0.5, 0.6) is 0 Å². The zero-order chi connectivity index (χ0) is 12.8. The van der Waals surface area contributed by atoms with Gasteiger partial charge < -0.3 is 5.11 Å². The van der Waals surface area contributed by atoms with Gasteiger partial charge in [0.1, 0.15) is 0 Å². The van der Waals surface area contributed by atoms with E-state index in [1.807, 2.05) is 23.9 Å². The largest absolute Gasteiger partial charge is 0.389 e. The number of fused-ring (bicyclic) bond motifs is 1. The Bertz CT molecular complexity index is 575. The normalized spacial score (nSPS) is 28.1. The van der Waals surface area contributed by atoms with Crippen LogP contribution in [-0.4, -0.2) is 20.5 Å². The molecular weight excluding hydrogens is 224 g/mol. The Hall–Kier alpha value is -1.35. The molecule has 0 bridgehead atoms. The fourth-order valence-corrected chi connectivity index (χ4v) is 3.20. The van der Waals surface area contributed by atoms with Crippen LogP contribution in [0.2, 0.25) is 0 Å². The third kappa shape index (κ3) is 1.74. The van der Waals surface area contributed by atoms with Crippen molar-refractivity contribution in [3.63, 3.8) is 0 Å². The first kappa shape index (κ1) is 11.7. The number of benzene rings is 1. The van der Waals surface area contributed by atoms with Gasteiger partial charge in [0.15, 0.2) is 0 Å². The van der Waals surface area contributed by atoms with Gasteiger partial charge in [-0.1, -0.05) is 31.5 Å². The van der Waals surface area contributed by atoms with E-state index in [-0.39, 0.29) is 0 Å². The molecule has 1 fully saturated rings. The Kier molecular flexibility index (Phi) is 2.67. The second kappa shape index (κ2) is 4.09. The molecule has 1 aromatic heterocycles.